The number of nitrogens with zero attached hydrogens (tertiary/aromatic N) is 3. The molecule has 1 saturated carbocycles. The predicted molar refractivity (Wildman–Crippen MR) is 64.5 cm³/mol. The van der Waals surface area contributed by atoms with Gasteiger partial charge in [0, 0.05) is 30.4 Å². The van der Waals surface area contributed by atoms with Crippen molar-refractivity contribution in [3.8, 4) is 0 Å². The number of anilines is 1. The number of hydrogen-bond donors (Lipinski definition) is 1. The molecule has 0 bridgehead atoms. The highest BCUT2D eigenvalue weighted by Gasteiger charge is 2.31. The monoisotopic (exact) mass is 234 g/mol. The van der Waals surface area contributed by atoms with Gasteiger partial charge in [-0.25, -0.2) is 9.97 Å². The van der Waals surface area contributed by atoms with Gasteiger partial charge in [-0.05, 0) is 19.8 Å². The average molecular weight is 234 g/mol. The van der Waals surface area contributed by atoms with Gasteiger partial charge in [0.2, 0.25) is 5.95 Å². The second kappa shape index (κ2) is 4.23. The van der Waals surface area contributed by atoms with Gasteiger partial charge in [0.25, 0.3) is 0 Å². The van der Waals surface area contributed by atoms with E-state index in [4.69, 9.17) is 10.5 Å². The van der Waals surface area contributed by atoms with Crippen LogP contribution in [0, 0.1) is 0 Å². The highest BCUT2D eigenvalue weighted by Crippen LogP contribution is 2.30. The zero-order valence-corrected chi connectivity index (χ0v) is 10.1. The van der Waals surface area contributed by atoms with Crippen LogP contribution in [0.1, 0.15) is 31.0 Å². The minimum Gasteiger partial charge on any atom is -0.370 e. The summed E-state index contributed by atoms with van der Waals surface area (Å²) < 4.78 is 5.36. The molecule has 2 heterocycles. The maximum Gasteiger partial charge on any atom is 0.225 e. The van der Waals surface area contributed by atoms with Crippen LogP contribution in [0.25, 0.3) is 0 Å². The summed E-state index contributed by atoms with van der Waals surface area (Å²) in [6.07, 6.45) is 4.34. The third-order valence-corrected chi connectivity index (χ3v) is 3.17. The SMILES string of the molecule is CC(N)CN(c1ncc2c(n1)COC2)C1CC1. The summed E-state index contributed by atoms with van der Waals surface area (Å²) in [5.41, 5.74) is 8.04. The lowest BCUT2D eigenvalue weighted by Gasteiger charge is -2.24. The first kappa shape index (κ1) is 10.9. The molecule has 0 saturated heterocycles. The molecule has 2 aliphatic rings. The Hall–Kier alpha value is -1.20. The molecular formula is C12H18N4O. The third kappa shape index (κ3) is 2.25. The van der Waals surface area contributed by atoms with E-state index in [-0.39, 0.29) is 6.04 Å². The molecular weight excluding hydrogens is 216 g/mol. The zero-order chi connectivity index (χ0) is 11.8. The number of aromatic nitrogens is 2. The molecule has 92 valence electrons. The van der Waals surface area contributed by atoms with Crippen molar-refractivity contribution in [2.75, 3.05) is 11.4 Å². The number of ether oxygens (including phenoxy) is 1. The van der Waals surface area contributed by atoms with Gasteiger partial charge in [-0.3, -0.25) is 0 Å². The minimum absolute atomic E-state index is 0.142. The molecule has 3 rings (SSSR count). The quantitative estimate of drug-likeness (QED) is 0.835. The van der Waals surface area contributed by atoms with Crippen molar-refractivity contribution in [1.29, 1.82) is 0 Å². The summed E-state index contributed by atoms with van der Waals surface area (Å²) in [6, 6.07) is 0.727. The van der Waals surface area contributed by atoms with Crippen molar-refractivity contribution in [3.63, 3.8) is 0 Å². The average Bonchev–Trinajstić information content (AvgIpc) is 3.03. The highest BCUT2D eigenvalue weighted by molar-refractivity contribution is 5.37. The van der Waals surface area contributed by atoms with E-state index in [9.17, 15) is 0 Å². The normalized spacial score (nSPS) is 20.1. The Morgan fingerprint density at radius 1 is 1.53 bits per heavy atom. The standard InChI is InChI=1S/C12H18N4O/c1-8(13)5-16(10-2-3-10)12-14-4-9-6-17-7-11(9)15-12/h4,8,10H,2-3,5-7,13H2,1H3. The minimum atomic E-state index is 0.142. The molecule has 17 heavy (non-hydrogen) atoms. The first-order valence-electron chi connectivity index (χ1n) is 6.19. The fourth-order valence-corrected chi connectivity index (χ4v) is 2.16. The van der Waals surface area contributed by atoms with Crippen LogP contribution in [0.3, 0.4) is 0 Å². The van der Waals surface area contributed by atoms with Gasteiger partial charge in [0.05, 0.1) is 18.9 Å². The van der Waals surface area contributed by atoms with Crippen LogP contribution in [0.5, 0.6) is 0 Å². The van der Waals surface area contributed by atoms with Gasteiger partial charge in [-0.2, -0.15) is 0 Å². The Morgan fingerprint density at radius 2 is 2.35 bits per heavy atom. The maximum absolute atomic E-state index is 5.89. The Labute approximate surface area is 101 Å². The maximum atomic E-state index is 5.89. The second-order valence-electron chi connectivity index (χ2n) is 5.00. The van der Waals surface area contributed by atoms with Gasteiger partial charge in [0.15, 0.2) is 0 Å². The molecule has 1 aromatic heterocycles. The van der Waals surface area contributed by atoms with Crippen molar-refractivity contribution in [1.82, 2.24) is 9.97 Å². The summed E-state index contributed by atoms with van der Waals surface area (Å²) >= 11 is 0. The molecule has 0 radical (unpaired) electrons. The van der Waals surface area contributed by atoms with Gasteiger partial charge in [0.1, 0.15) is 0 Å². The number of hydrogen-bond acceptors (Lipinski definition) is 5. The van der Waals surface area contributed by atoms with E-state index in [2.05, 4.69) is 14.9 Å². The Morgan fingerprint density at radius 3 is 3.06 bits per heavy atom. The fourth-order valence-electron chi connectivity index (χ4n) is 2.16. The smallest absolute Gasteiger partial charge is 0.225 e. The highest BCUT2D eigenvalue weighted by atomic mass is 16.5. The lowest BCUT2D eigenvalue weighted by Crippen LogP contribution is -2.38. The van der Waals surface area contributed by atoms with E-state index in [0.29, 0.717) is 19.3 Å². The lowest BCUT2D eigenvalue weighted by atomic mass is 10.3. The lowest BCUT2D eigenvalue weighted by molar-refractivity contribution is 0.133. The fraction of sp³-hybridized carbons (Fsp3) is 0.667. The van der Waals surface area contributed by atoms with Crippen molar-refractivity contribution in [3.05, 3.63) is 17.5 Å². The van der Waals surface area contributed by atoms with E-state index in [0.717, 1.165) is 23.8 Å². The van der Waals surface area contributed by atoms with Crippen LogP contribution < -0.4 is 10.6 Å². The van der Waals surface area contributed by atoms with Gasteiger partial charge in [-0.1, -0.05) is 0 Å². The molecule has 1 aromatic rings. The molecule has 0 amide bonds. The Bertz CT molecular complexity index is 417. The third-order valence-electron chi connectivity index (χ3n) is 3.17. The molecule has 2 N–H and O–H groups in total. The number of rotatable bonds is 4. The van der Waals surface area contributed by atoms with Crippen LogP contribution in [0.15, 0.2) is 6.20 Å². The van der Waals surface area contributed by atoms with Crippen molar-refractivity contribution in [2.45, 2.75) is 45.1 Å². The van der Waals surface area contributed by atoms with Crippen LogP contribution >= 0.6 is 0 Å². The molecule has 1 fully saturated rings. The number of nitrogens with two attached hydrogens (primary N) is 1. The van der Waals surface area contributed by atoms with Crippen molar-refractivity contribution >= 4 is 5.95 Å². The molecule has 5 nitrogen and oxygen atoms in total. The van der Waals surface area contributed by atoms with Crippen LogP contribution in [-0.4, -0.2) is 28.6 Å². The Balaban J connectivity index is 1.85. The van der Waals surface area contributed by atoms with E-state index >= 15 is 0 Å². The number of fused-ring (bicyclic) bond motifs is 1. The molecule has 1 atom stereocenters. The second-order valence-corrected chi connectivity index (χ2v) is 5.00. The van der Waals surface area contributed by atoms with E-state index < -0.39 is 0 Å². The topological polar surface area (TPSA) is 64.3 Å². The van der Waals surface area contributed by atoms with Gasteiger partial charge >= 0.3 is 0 Å². The molecule has 5 heteroatoms. The van der Waals surface area contributed by atoms with E-state index in [1.54, 1.807) is 0 Å². The molecule has 1 aliphatic heterocycles. The summed E-state index contributed by atoms with van der Waals surface area (Å²) in [5.74, 6) is 0.814. The summed E-state index contributed by atoms with van der Waals surface area (Å²) in [7, 11) is 0. The van der Waals surface area contributed by atoms with Crippen LogP contribution in [0.2, 0.25) is 0 Å². The first-order valence-corrected chi connectivity index (χ1v) is 6.19. The zero-order valence-electron chi connectivity index (χ0n) is 10.1. The molecule has 1 unspecified atom stereocenters. The van der Waals surface area contributed by atoms with E-state index in [1.165, 1.54) is 12.8 Å². The predicted octanol–water partition coefficient (Wildman–Crippen LogP) is 0.823. The molecule has 0 aromatic carbocycles. The van der Waals surface area contributed by atoms with E-state index in [1.807, 2.05) is 13.1 Å². The first-order chi connectivity index (χ1) is 8.24. The van der Waals surface area contributed by atoms with Crippen LogP contribution in [-0.2, 0) is 18.0 Å². The summed E-state index contributed by atoms with van der Waals surface area (Å²) in [5, 5.41) is 0. The Kier molecular flexibility index (Phi) is 2.72. The van der Waals surface area contributed by atoms with Crippen molar-refractivity contribution < 1.29 is 4.74 Å². The van der Waals surface area contributed by atoms with Gasteiger partial charge in [-0.15, -0.1) is 0 Å². The van der Waals surface area contributed by atoms with Gasteiger partial charge < -0.3 is 15.4 Å². The van der Waals surface area contributed by atoms with Crippen molar-refractivity contribution in [2.24, 2.45) is 5.73 Å². The van der Waals surface area contributed by atoms with Crippen LogP contribution in [0.4, 0.5) is 5.95 Å². The molecule has 0 spiro atoms. The summed E-state index contributed by atoms with van der Waals surface area (Å²) in [4.78, 5) is 11.3. The largest absolute Gasteiger partial charge is 0.370 e. The summed E-state index contributed by atoms with van der Waals surface area (Å²) in [6.45, 7) is 4.10. The molecule has 1 aliphatic carbocycles.